The van der Waals surface area contributed by atoms with E-state index in [0.717, 1.165) is 45.4 Å². The average Bonchev–Trinajstić information content (AvgIpc) is 2.29. The fourth-order valence-electron chi connectivity index (χ4n) is 2.77. The van der Waals surface area contributed by atoms with Crippen LogP contribution < -0.4 is 5.73 Å². The Hall–Kier alpha value is -0.810. The summed E-state index contributed by atoms with van der Waals surface area (Å²) < 4.78 is 11.4. The van der Waals surface area contributed by atoms with Crippen LogP contribution in [0, 0.1) is 5.41 Å². The molecule has 5 heteroatoms. The molecule has 0 radical (unpaired) electrons. The lowest BCUT2D eigenvalue weighted by molar-refractivity contribution is -0.145. The van der Waals surface area contributed by atoms with Gasteiger partial charge in [0.25, 0.3) is 0 Å². The van der Waals surface area contributed by atoms with Gasteiger partial charge in [-0.1, -0.05) is 0 Å². The number of nitrogens with one attached hydrogen (secondary N) is 1. The normalized spacial score (nSPS) is 35.3. The Kier molecular flexibility index (Phi) is 3.35. The van der Waals surface area contributed by atoms with E-state index in [9.17, 15) is 0 Å². The molecule has 0 aromatic carbocycles. The zero-order valence-electron chi connectivity index (χ0n) is 9.87. The summed E-state index contributed by atoms with van der Waals surface area (Å²) in [6.07, 6.45) is 4.28. The molecule has 1 spiro atoms. The van der Waals surface area contributed by atoms with Crippen molar-refractivity contribution in [3.8, 4) is 0 Å². The number of methoxy groups -OCH3 is 1. The van der Waals surface area contributed by atoms with E-state index in [4.69, 9.17) is 20.6 Å². The van der Waals surface area contributed by atoms with Gasteiger partial charge in [-0.15, -0.1) is 0 Å². The van der Waals surface area contributed by atoms with E-state index < -0.39 is 0 Å². The lowest BCUT2D eigenvalue weighted by Crippen LogP contribution is -2.56. The summed E-state index contributed by atoms with van der Waals surface area (Å²) in [5.41, 5.74) is 5.41. The zero-order chi connectivity index (χ0) is 11.6. The monoisotopic (exact) mass is 227 g/mol. The molecule has 3 N–H and O–H groups in total. The molecule has 2 atom stereocenters. The smallest absolute Gasteiger partial charge is 0.188 e. The zero-order valence-corrected chi connectivity index (χ0v) is 9.87. The quantitative estimate of drug-likeness (QED) is 0.506. The van der Waals surface area contributed by atoms with Crippen molar-refractivity contribution in [1.82, 2.24) is 4.90 Å². The summed E-state index contributed by atoms with van der Waals surface area (Å²) >= 11 is 0. The Bertz CT molecular complexity index is 268. The first-order valence-electron chi connectivity index (χ1n) is 5.91. The Balaban J connectivity index is 2.03. The topological polar surface area (TPSA) is 71.6 Å². The van der Waals surface area contributed by atoms with Crippen molar-refractivity contribution < 1.29 is 9.47 Å². The van der Waals surface area contributed by atoms with Gasteiger partial charge in [-0.25, -0.2) is 0 Å². The van der Waals surface area contributed by atoms with Gasteiger partial charge in [0, 0.05) is 33.2 Å². The molecule has 0 bridgehead atoms. The van der Waals surface area contributed by atoms with Crippen LogP contribution in [0.1, 0.15) is 25.7 Å². The van der Waals surface area contributed by atoms with Gasteiger partial charge in [0.05, 0.1) is 11.7 Å². The molecule has 0 unspecified atom stereocenters. The predicted molar refractivity (Wildman–Crippen MR) is 61.4 cm³/mol. The van der Waals surface area contributed by atoms with Crippen molar-refractivity contribution in [2.75, 3.05) is 26.8 Å². The molecule has 0 saturated carbocycles. The predicted octanol–water partition coefficient (Wildman–Crippen LogP) is 0.540. The Labute approximate surface area is 96.4 Å². The minimum absolute atomic E-state index is 0.136. The number of nitrogens with zero attached hydrogens (tertiary/aromatic N) is 1. The van der Waals surface area contributed by atoms with Crippen molar-refractivity contribution in [3.05, 3.63) is 0 Å². The summed E-state index contributed by atoms with van der Waals surface area (Å²) in [5, 5.41) is 7.50. The Morgan fingerprint density at radius 2 is 2.44 bits per heavy atom. The maximum absolute atomic E-state index is 7.50. The van der Waals surface area contributed by atoms with E-state index in [1.165, 1.54) is 0 Å². The van der Waals surface area contributed by atoms with Gasteiger partial charge in [-0.2, -0.15) is 0 Å². The third-order valence-electron chi connectivity index (χ3n) is 3.66. The van der Waals surface area contributed by atoms with Crippen LogP contribution in [-0.4, -0.2) is 49.4 Å². The van der Waals surface area contributed by atoms with Crippen LogP contribution in [0.2, 0.25) is 0 Å². The van der Waals surface area contributed by atoms with E-state index in [1.807, 2.05) is 4.90 Å². The molecule has 2 heterocycles. The molecular weight excluding hydrogens is 206 g/mol. The summed E-state index contributed by atoms with van der Waals surface area (Å²) in [5.74, 6) is 0.155. The summed E-state index contributed by atoms with van der Waals surface area (Å²) in [6, 6.07) is 0. The number of hydrogen-bond donors (Lipinski definition) is 2. The van der Waals surface area contributed by atoms with E-state index in [2.05, 4.69) is 0 Å². The lowest BCUT2D eigenvalue weighted by atomic mass is 9.84. The second kappa shape index (κ2) is 4.59. The van der Waals surface area contributed by atoms with Gasteiger partial charge in [0.15, 0.2) is 5.96 Å². The molecule has 2 rings (SSSR count). The van der Waals surface area contributed by atoms with Crippen LogP contribution in [-0.2, 0) is 9.47 Å². The molecule has 2 aliphatic rings. The molecule has 5 nitrogen and oxygen atoms in total. The molecule has 2 fully saturated rings. The first-order chi connectivity index (χ1) is 7.65. The molecule has 2 saturated heterocycles. The van der Waals surface area contributed by atoms with Crippen LogP contribution in [0.15, 0.2) is 0 Å². The van der Waals surface area contributed by atoms with Crippen LogP contribution in [0.4, 0.5) is 0 Å². The SMILES string of the molecule is CO[C@H]1CCO[C@@]2(CCCN(C(=N)N)C2)C1. The van der Waals surface area contributed by atoms with Gasteiger partial charge in [0.1, 0.15) is 0 Å². The Morgan fingerprint density at radius 1 is 1.62 bits per heavy atom. The number of likely N-dealkylation sites (tertiary alicyclic amines) is 1. The van der Waals surface area contributed by atoms with Crippen molar-refractivity contribution in [2.45, 2.75) is 37.4 Å². The molecule has 92 valence electrons. The van der Waals surface area contributed by atoms with Crippen molar-refractivity contribution in [1.29, 1.82) is 5.41 Å². The van der Waals surface area contributed by atoms with Crippen LogP contribution in [0.5, 0.6) is 0 Å². The van der Waals surface area contributed by atoms with Gasteiger partial charge >= 0.3 is 0 Å². The molecule has 2 aliphatic heterocycles. The Morgan fingerprint density at radius 3 is 3.12 bits per heavy atom. The molecule has 0 aromatic rings. The lowest BCUT2D eigenvalue weighted by Gasteiger charge is -2.46. The van der Waals surface area contributed by atoms with Gasteiger partial charge in [-0.3, -0.25) is 5.41 Å². The molecule has 0 aliphatic carbocycles. The first kappa shape index (κ1) is 11.7. The maximum atomic E-state index is 7.50. The molecule has 0 aromatic heterocycles. The third-order valence-corrected chi connectivity index (χ3v) is 3.66. The maximum Gasteiger partial charge on any atom is 0.188 e. The van der Waals surface area contributed by atoms with Crippen LogP contribution >= 0.6 is 0 Å². The van der Waals surface area contributed by atoms with E-state index >= 15 is 0 Å². The largest absolute Gasteiger partial charge is 0.381 e. The van der Waals surface area contributed by atoms with E-state index in [1.54, 1.807) is 7.11 Å². The highest BCUT2D eigenvalue weighted by Crippen LogP contribution is 2.34. The fraction of sp³-hybridized carbons (Fsp3) is 0.909. The molecular formula is C11H21N3O2. The highest BCUT2D eigenvalue weighted by molar-refractivity contribution is 5.74. The standard InChI is InChI=1S/C11H21N3O2/c1-15-9-3-6-16-11(7-9)4-2-5-14(8-11)10(12)13/h9H,2-8H2,1H3,(H3,12,13)/t9-,11-/m0/s1. The first-order valence-corrected chi connectivity index (χ1v) is 5.91. The number of hydrogen-bond acceptors (Lipinski definition) is 3. The van der Waals surface area contributed by atoms with Crippen molar-refractivity contribution in [2.24, 2.45) is 5.73 Å². The average molecular weight is 227 g/mol. The van der Waals surface area contributed by atoms with Crippen LogP contribution in [0.25, 0.3) is 0 Å². The van der Waals surface area contributed by atoms with E-state index in [-0.39, 0.29) is 11.6 Å². The second-order valence-corrected chi connectivity index (χ2v) is 4.79. The van der Waals surface area contributed by atoms with Gasteiger partial charge < -0.3 is 20.1 Å². The summed E-state index contributed by atoms with van der Waals surface area (Å²) in [7, 11) is 1.76. The van der Waals surface area contributed by atoms with Crippen molar-refractivity contribution >= 4 is 5.96 Å². The minimum Gasteiger partial charge on any atom is -0.381 e. The van der Waals surface area contributed by atoms with Crippen LogP contribution in [0.3, 0.4) is 0 Å². The molecule has 16 heavy (non-hydrogen) atoms. The highest BCUT2D eigenvalue weighted by atomic mass is 16.5. The van der Waals surface area contributed by atoms with Crippen molar-refractivity contribution in [3.63, 3.8) is 0 Å². The van der Waals surface area contributed by atoms with E-state index in [0.29, 0.717) is 6.10 Å². The summed E-state index contributed by atoms with van der Waals surface area (Å²) in [6.45, 7) is 2.37. The second-order valence-electron chi connectivity index (χ2n) is 4.79. The number of ether oxygens (including phenoxy) is 2. The highest BCUT2D eigenvalue weighted by Gasteiger charge is 2.41. The summed E-state index contributed by atoms with van der Waals surface area (Å²) in [4.78, 5) is 1.90. The number of nitrogens with two attached hydrogens (primary N) is 1. The number of piperidine rings is 1. The third kappa shape index (κ3) is 2.30. The minimum atomic E-state index is -0.136. The van der Waals surface area contributed by atoms with Gasteiger partial charge in [-0.05, 0) is 19.3 Å². The molecule has 0 amide bonds. The number of guanidine groups is 1. The fourth-order valence-corrected chi connectivity index (χ4v) is 2.77. The van der Waals surface area contributed by atoms with Gasteiger partial charge in [0.2, 0.25) is 0 Å². The number of rotatable bonds is 1.